The third-order valence-corrected chi connectivity index (χ3v) is 4.03. The molecule has 1 atom stereocenters. The summed E-state index contributed by atoms with van der Waals surface area (Å²) in [6.45, 7) is 2.18. The molecule has 0 radical (unpaired) electrons. The van der Waals surface area contributed by atoms with Crippen LogP contribution in [0, 0.1) is 0 Å². The van der Waals surface area contributed by atoms with Gasteiger partial charge in [-0.15, -0.1) is 0 Å². The first-order chi connectivity index (χ1) is 11.5. The SMILES string of the molecule is COc1cccc(NC(=O)NC[C@](C)(OC)c2cccc(Cl)c2)c1. The van der Waals surface area contributed by atoms with Gasteiger partial charge in [0.1, 0.15) is 11.4 Å². The fraction of sp³-hybridized carbons (Fsp3) is 0.278. The highest BCUT2D eigenvalue weighted by atomic mass is 35.5. The fourth-order valence-corrected chi connectivity index (χ4v) is 2.42. The van der Waals surface area contributed by atoms with Crippen LogP contribution in [0.4, 0.5) is 10.5 Å². The lowest BCUT2D eigenvalue weighted by Crippen LogP contribution is -2.41. The van der Waals surface area contributed by atoms with E-state index in [-0.39, 0.29) is 6.03 Å². The minimum atomic E-state index is -0.684. The maximum Gasteiger partial charge on any atom is 0.319 e. The molecule has 0 bridgehead atoms. The van der Waals surface area contributed by atoms with Gasteiger partial charge in [0, 0.05) is 23.9 Å². The monoisotopic (exact) mass is 348 g/mol. The van der Waals surface area contributed by atoms with Crippen LogP contribution in [0.15, 0.2) is 48.5 Å². The number of urea groups is 1. The number of anilines is 1. The molecule has 0 aliphatic heterocycles. The third-order valence-electron chi connectivity index (χ3n) is 3.80. The van der Waals surface area contributed by atoms with E-state index in [1.807, 2.05) is 31.2 Å². The third kappa shape index (κ3) is 4.63. The largest absolute Gasteiger partial charge is 0.497 e. The Hall–Kier alpha value is -2.24. The van der Waals surface area contributed by atoms with Crippen molar-refractivity contribution < 1.29 is 14.3 Å². The summed E-state index contributed by atoms with van der Waals surface area (Å²) in [7, 11) is 3.18. The molecular weight excluding hydrogens is 328 g/mol. The van der Waals surface area contributed by atoms with E-state index < -0.39 is 5.60 Å². The topological polar surface area (TPSA) is 59.6 Å². The van der Waals surface area contributed by atoms with Crippen LogP contribution in [0.3, 0.4) is 0 Å². The van der Waals surface area contributed by atoms with Crippen LogP contribution in [-0.2, 0) is 10.3 Å². The van der Waals surface area contributed by atoms with Crippen LogP contribution < -0.4 is 15.4 Å². The number of hydrogen-bond donors (Lipinski definition) is 2. The number of nitrogens with one attached hydrogen (secondary N) is 2. The molecule has 0 aliphatic carbocycles. The fourth-order valence-electron chi connectivity index (χ4n) is 2.23. The summed E-state index contributed by atoms with van der Waals surface area (Å²) in [6, 6.07) is 14.2. The van der Waals surface area contributed by atoms with E-state index in [0.717, 1.165) is 5.56 Å². The minimum Gasteiger partial charge on any atom is -0.497 e. The Bertz CT molecular complexity index is 708. The van der Waals surface area contributed by atoms with Crippen molar-refractivity contribution in [2.45, 2.75) is 12.5 Å². The zero-order chi connectivity index (χ0) is 17.6. The standard InChI is InChI=1S/C18H21ClN2O3/c1-18(24-3,13-6-4-7-14(19)10-13)12-20-17(22)21-15-8-5-9-16(11-15)23-2/h4-11H,12H2,1-3H3,(H2,20,21,22)/t18-/m0/s1. The Kier molecular flexibility index (Phi) is 6.06. The van der Waals surface area contributed by atoms with Crippen molar-refractivity contribution in [2.75, 3.05) is 26.1 Å². The van der Waals surface area contributed by atoms with Gasteiger partial charge in [0.25, 0.3) is 0 Å². The molecule has 5 nitrogen and oxygen atoms in total. The zero-order valence-electron chi connectivity index (χ0n) is 13.9. The van der Waals surface area contributed by atoms with Gasteiger partial charge in [0.05, 0.1) is 13.7 Å². The van der Waals surface area contributed by atoms with Crippen LogP contribution in [0.25, 0.3) is 0 Å². The van der Waals surface area contributed by atoms with Crippen LogP contribution >= 0.6 is 11.6 Å². The molecule has 24 heavy (non-hydrogen) atoms. The number of carbonyl (C=O) groups excluding carboxylic acids is 1. The number of halogens is 1. The van der Waals surface area contributed by atoms with E-state index in [9.17, 15) is 4.79 Å². The lowest BCUT2D eigenvalue weighted by atomic mass is 9.96. The van der Waals surface area contributed by atoms with Gasteiger partial charge in [-0.3, -0.25) is 0 Å². The van der Waals surface area contributed by atoms with E-state index in [1.165, 1.54) is 0 Å². The van der Waals surface area contributed by atoms with Gasteiger partial charge >= 0.3 is 6.03 Å². The second-order valence-corrected chi connectivity index (χ2v) is 5.92. The molecule has 0 aliphatic rings. The molecule has 0 heterocycles. The molecule has 6 heteroatoms. The van der Waals surface area contributed by atoms with Crippen molar-refractivity contribution in [1.82, 2.24) is 5.32 Å². The smallest absolute Gasteiger partial charge is 0.319 e. The van der Waals surface area contributed by atoms with Crippen LogP contribution in [0.2, 0.25) is 5.02 Å². The minimum absolute atomic E-state index is 0.291. The molecule has 2 amide bonds. The first-order valence-corrected chi connectivity index (χ1v) is 7.85. The van der Waals surface area contributed by atoms with Gasteiger partial charge < -0.3 is 20.1 Å². The first-order valence-electron chi connectivity index (χ1n) is 7.47. The van der Waals surface area contributed by atoms with Crippen LogP contribution in [0.1, 0.15) is 12.5 Å². The molecule has 0 fully saturated rings. The van der Waals surface area contributed by atoms with Gasteiger partial charge in [0.15, 0.2) is 0 Å². The Morgan fingerprint density at radius 2 is 1.92 bits per heavy atom. The molecular formula is C18H21ClN2O3. The Morgan fingerprint density at radius 3 is 2.58 bits per heavy atom. The summed E-state index contributed by atoms with van der Waals surface area (Å²) in [6.07, 6.45) is 0. The highest BCUT2D eigenvalue weighted by Crippen LogP contribution is 2.26. The summed E-state index contributed by atoms with van der Waals surface area (Å²) in [5.74, 6) is 0.674. The van der Waals surface area contributed by atoms with E-state index in [1.54, 1.807) is 38.5 Å². The normalized spacial score (nSPS) is 13.0. The molecule has 0 saturated heterocycles. The van der Waals surface area contributed by atoms with Gasteiger partial charge in [-0.1, -0.05) is 29.8 Å². The van der Waals surface area contributed by atoms with Gasteiger partial charge in [0.2, 0.25) is 0 Å². The number of benzene rings is 2. The molecule has 0 spiro atoms. The molecule has 2 N–H and O–H groups in total. The van der Waals surface area contributed by atoms with Crippen molar-refractivity contribution in [1.29, 1.82) is 0 Å². The zero-order valence-corrected chi connectivity index (χ0v) is 14.7. The number of hydrogen-bond acceptors (Lipinski definition) is 3. The van der Waals surface area contributed by atoms with Gasteiger partial charge in [-0.2, -0.15) is 0 Å². The van der Waals surface area contributed by atoms with Crippen molar-refractivity contribution in [3.05, 3.63) is 59.1 Å². The summed E-state index contributed by atoms with van der Waals surface area (Å²) >= 11 is 6.04. The molecule has 2 aromatic carbocycles. The molecule has 128 valence electrons. The van der Waals surface area contributed by atoms with Crippen LogP contribution in [0.5, 0.6) is 5.75 Å². The summed E-state index contributed by atoms with van der Waals surface area (Å²) in [5.41, 5.74) is 0.851. The van der Waals surface area contributed by atoms with Gasteiger partial charge in [-0.25, -0.2) is 4.79 Å². The number of carbonyl (C=O) groups is 1. The van der Waals surface area contributed by atoms with Crippen molar-refractivity contribution in [3.63, 3.8) is 0 Å². The predicted octanol–water partition coefficient (Wildman–Crippen LogP) is 4.03. The van der Waals surface area contributed by atoms with Crippen molar-refractivity contribution in [3.8, 4) is 5.75 Å². The quantitative estimate of drug-likeness (QED) is 0.828. The Labute approximate surface area is 146 Å². The summed E-state index contributed by atoms with van der Waals surface area (Å²) in [4.78, 5) is 12.1. The van der Waals surface area contributed by atoms with E-state index >= 15 is 0 Å². The van der Waals surface area contributed by atoms with Crippen LogP contribution in [-0.4, -0.2) is 26.8 Å². The Balaban J connectivity index is 2.00. The number of amides is 2. The number of methoxy groups -OCH3 is 2. The van der Waals surface area contributed by atoms with Crippen molar-refractivity contribution in [2.24, 2.45) is 0 Å². The molecule has 0 aromatic heterocycles. The maximum atomic E-state index is 12.1. The highest BCUT2D eigenvalue weighted by Gasteiger charge is 2.27. The van der Waals surface area contributed by atoms with E-state index in [4.69, 9.17) is 21.1 Å². The number of ether oxygens (including phenoxy) is 2. The second kappa shape index (κ2) is 8.04. The molecule has 2 rings (SSSR count). The molecule has 0 saturated carbocycles. The average Bonchev–Trinajstić information content (AvgIpc) is 2.60. The van der Waals surface area contributed by atoms with E-state index in [0.29, 0.717) is 23.0 Å². The predicted molar refractivity (Wildman–Crippen MR) is 95.8 cm³/mol. The maximum absolute atomic E-state index is 12.1. The first kappa shape index (κ1) is 18.1. The summed E-state index contributed by atoms with van der Waals surface area (Å²) in [5, 5.41) is 6.21. The molecule has 2 aromatic rings. The van der Waals surface area contributed by atoms with Crippen molar-refractivity contribution >= 4 is 23.3 Å². The Morgan fingerprint density at radius 1 is 1.17 bits per heavy atom. The molecule has 0 unspecified atom stereocenters. The van der Waals surface area contributed by atoms with E-state index in [2.05, 4.69) is 10.6 Å². The number of rotatable bonds is 6. The summed E-state index contributed by atoms with van der Waals surface area (Å²) < 4.78 is 10.7. The lowest BCUT2D eigenvalue weighted by molar-refractivity contribution is 0.00521. The second-order valence-electron chi connectivity index (χ2n) is 5.48. The lowest BCUT2D eigenvalue weighted by Gasteiger charge is -2.29. The highest BCUT2D eigenvalue weighted by molar-refractivity contribution is 6.30. The average molecular weight is 349 g/mol. The van der Waals surface area contributed by atoms with Gasteiger partial charge in [-0.05, 0) is 36.8 Å².